The van der Waals surface area contributed by atoms with E-state index in [0.29, 0.717) is 0 Å². The predicted octanol–water partition coefficient (Wildman–Crippen LogP) is 6.85. The van der Waals surface area contributed by atoms with Crippen LogP contribution in [0.5, 0.6) is 0 Å². The number of hydrogen-bond donors (Lipinski definition) is 0. The third-order valence-corrected chi connectivity index (χ3v) is 5.28. The van der Waals surface area contributed by atoms with Gasteiger partial charge in [-0.2, -0.15) is 0 Å². The summed E-state index contributed by atoms with van der Waals surface area (Å²) in [7, 11) is 0. The van der Waals surface area contributed by atoms with Gasteiger partial charge in [-0.15, -0.1) is 0 Å². The van der Waals surface area contributed by atoms with E-state index >= 15 is 0 Å². The first kappa shape index (κ1) is 18.9. The second kappa shape index (κ2) is 8.33. The van der Waals surface area contributed by atoms with E-state index < -0.39 is 0 Å². The Balaban J connectivity index is 1.50. The first-order valence-corrected chi connectivity index (χ1v) is 10.3. The van der Waals surface area contributed by atoms with Gasteiger partial charge < -0.3 is 0 Å². The van der Waals surface area contributed by atoms with Gasteiger partial charge in [0.1, 0.15) is 5.82 Å². The fraction of sp³-hybridized carbons (Fsp3) is 0.0357. The predicted molar refractivity (Wildman–Crippen MR) is 126 cm³/mol. The molecule has 2 aromatic heterocycles. The summed E-state index contributed by atoms with van der Waals surface area (Å²) >= 11 is 0. The van der Waals surface area contributed by atoms with Crippen LogP contribution >= 0.6 is 0 Å². The van der Waals surface area contributed by atoms with Crippen LogP contribution in [0.3, 0.4) is 0 Å². The molecule has 3 heteroatoms. The molecule has 0 bridgehead atoms. The zero-order valence-corrected chi connectivity index (χ0v) is 17.2. The number of rotatable bonds is 4. The summed E-state index contributed by atoms with van der Waals surface area (Å²) in [6, 6.07) is 33.4. The number of pyridine rings is 1. The minimum absolute atomic E-state index is 0.758. The minimum Gasteiger partial charge on any atom is -0.264 e. The molecular weight excluding hydrogens is 378 g/mol. The van der Waals surface area contributed by atoms with Crippen molar-refractivity contribution in [3.8, 4) is 44.8 Å². The Bertz CT molecular complexity index is 1310. The summed E-state index contributed by atoms with van der Waals surface area (Å²) in [4.78, 5) is 13.6. The SMILES string of the molecule is Cc1nc(-c2ccc(-c3cccnc3)cc2)cc(-c2cccc(-c3ccccc3)c2)n1. The van der Waals surface area contributed by atoms with E-state index in [1.807, 2.05) is 25.3 Å². The highest BCUT2D eigenvalue weighted by Crippen LogP contribution is 2.29. The van der Waals surface area contributed by atoms with Gasteiger partial charge in [0.05, 0.1) is 11.4 Å². The van der Waals surface area contributed by atoms with Crippen molar-refractivity contribution in [2.45, 2.75) is 6.92 Å². The lowest BCUT2D eigenvalue weighted by molar-refractivity contribution is 1.06. The molecular formula is C28H21N3. The Morgan fingerprint density at radius 2 is 1.10 bits per heavy atom. The minimum atomic E-state index is 0.758. The molecule has 0 radical (unpaired) electrons. The van der Waals surface area contributed by atoms with Crippen molar-refractivity contribution < 1.29 is 0 Å². The Hall–Kier alpha value is -4.11. The maximum absolute atomic E-state index is 4.71. The van der Waals surface area contributed by atoms with Crippen LogP contribution in [-0.2, 0) is 0 Å². The summed E-state index contributed by atoms with van der Waals surface area (Å²) in [6.45, 7) is 1.94. The highest BCUT2D eigenvalue weighted by Gasteiger charge is 2.09. The van der Waals surface area contributed by atoms with E-state index in [9.17, 15) is 0 Å². The Morgan fingerprint density at radius 3 is 1.84 bits per heavy atom. The molecule has 0 aliphatic heterocycles. The molecule has 0 N–H and O–H groups in total. The number of nitrogens with zero attached hydrogens (tertiary/aromatic N) is 3. The van der Waals surface area contributed by atoms with Gasteiger partial charge in [0.2, 0.25) is 0 Å². The Kier molecular flexibility index (Phi) is 5.07. The van der Waals surface area contributed by atoms with Crippen molar-refractivity contribution in [1.29, 1.82) is 0 Å². The van der Waals surface area contributed by atoms with Crippen LogP contribution in [0, 0.1) is 6.92 Å². The van der Waals surface area contributed by atoms with Crippen molar-refractivity contribution in [1.82, 2.24) is 15.0 Å². The fourth-order valence-corrected chi connectivity index (χ4v) is 3.72. The molecule has 148 valence electrons. The third-order valence-electron chi connectivity index (χ3n) is 5.28. The molecule has 0 atom stereocenters. The van der Waals surface area contributed by atoms with Gasteiger partial charge in [0.25, 0.3) is 0 Å². The van der Waals surface area contributed by atoms with E-state index in [4.69, 9.17) is 4.98 Å². The molecule has 2 heterocycles. The molecule has 0 spiro atoms. The van der Waals surface area contributed by atoms with Crippen molar-refractivity contribution in [2.24, 2.45) is 0 Å². The van der Waals surface area contributed by atoms with Crippen LogP contribution in [0.25, 0.3) is 44.8 Å². The highest BCUT2D eigenvalue weighted by molar-refractivity contribution is 5.74. The Labute approximate surface area is 182 Å². The van der Waals surface area contributed by atoms with Crippen LogP contribution in [0.2, 0.25) is 0 Å². The fourth-order valence-electron chi connectivity index (χ4n) is 3.72. The molecule has 0 saturated heterocycles. The van der Waals surface area contributed by atoms with Crippen LogP contribution < -0.4 is 0 Å². The molecule has 0 aliphatic carbocycles. The first-order valence-electron chi connectivity index (χ1n) is 10.3. The lowest BCUT2D eigenvalue weighted by atomic mass is 10.0. The van der Waals surface area contributed by atoms with Crippen molar-refractivity contribution in [2.75, 3.05) is 0 Å². The summed E-state index contributed by atoms with van der Waals surface area (Å²) in [6.07, 6.45) is 3.66. The molecule has 31 heavy (non-hydrogen) atoms. The van der Waals surface area contributed by atoms with Gasteiger partial charge >= 0.3 is 0 Å². The standard InChI is InChI=1S/C28H21N3/c1-20-30-27(23-14-12-22(13-15-23)26-11-6-16-29-19-26)18-28(31-20)25-10-5-9-24(17-25)21-7-3-2-4-8-21/h2-19H,1H3. The lowest BCUT2D eigenvalue weighted by Gasteiger charge is -2.09. The van der Waals surface area contributed by atoms with E-state index in [1.165, 1.54) is 11.1 Å². The smallest absolute Gasteiger partial charge is 0.126 e. The summed E-state index contributed by atoms with van der Waals surface area (Å²) in [5.41, 5.74) is 8.61. The average Bonchev–Trinajstić information content (AvgIpc) is 2.85. The summed E-state index contributed by atoms with van der Waals surface area (Å²) < 4.78 is 0. The highest BCUT2D eigenvalue weighted by atomic mass is 14.9. The number of aryl methyl sites for hydroxylation is 1. The zero-order chi connectivity index (χ0) is 21.0. The molecule has 3 aromatic carbocycles. The largest absolute Gasteiger partial charge is 0.264 e. The second-order valence-corrected chi connectivity index (χ2v) is 7.45. The Morgan fingerprint density at radius 1 is 0.484 bits per heavy atom. The first-order chi connectivity index (χ1) is 15.3. The van der Waals surface area contributed by atoms with Gasteiger partial charge in [-0.05, 0) is 47.4 Å². The monoisotopic (exact) mass is 399 g/mol. The van der Waals surface area contributed by atoms with E-state index in [0.717, 1.165) is 39.5 Å². The van der Waals surface area contributed by atoms with E-state index in [1.54, 1.807) is 6.20 Å². The van der Waals surface area contributed by atoms with Gasteiger partial charge in [0, 0.05) is 23.5 Å². The molecule has 0 unspecified atom stereocenters. The summed E-state index contributed by atoms with van der Waals surface area (Å²) in [5, 5.41) is 0. The van der Waals surface area contributed by atoms with Crippen molar-refractivity contribution in [3.63, 3.8) is 0 Å². The van der Waals surface area contributed by atoms with Gasteiger partial charge in [-0.25, -0.2) is 9.97 Å². The summed E-state index contributed by atoms with van der Waals surface area (Å²) in [5.74, 6) is 0.758. The molecule has 0 fully saturated rings. The van der Waals surface area contributed by atoms with Crippen LogP contribution in [0.4, 0.5) is 0 Å². The molecule has 5 aromatic rings. The van der Waals surface area contributed by atoms with Crippen molar-refractivity contribution >= 4 is 0 Å². The number of hydrogen-bond acceptors (Lipinski definition) is 3. The zero-order valence-electron chi connectivity index (χ0n) is 17.2. The maximum Gasteiger partial charge on any atom is 0.126 e. The van der Waals surface area contributed by atoms with Crippen LogP contribution in [0.15, 0.2) is 109 Å². The third kappa shape index (κ3) is 4.12. The molecule has 0 aliphatic rings. The number of aromatic nitrogens is 3. The normalized spacial score (nSPS) is 10.7. The second-order valence-electron chi connectivity index (χ2n) is 7.45. The molecule has 3 nitrogen and oxygen atoms in total. The maximum atomic E-state index is 4.71. The average molecular weight is 399 g/mol. The van der Waals surface area contributed by atoms with Crippen LogP contribution in [0.1, 0.15) is 5.82 Å². The lowest BCUT2D eigenvalue weighted by Crippen LogP contribution is -1.95. The molecule has 0 amide bonds. The van der Waals surface area contributed by atoms with Crippen molar-refractivity contribution in [3.05, 3.63) is 115 Å². The number of benzene rings is 3. The van der Waals surface area contributed by atoms with E-state index in [2.05, 4.69) is 94.9 Å². The van der Waals surface area contributed by atoms with E-state index in [-0.39, 0.29) is 0 Å². The van der Waals surface area contributed by atoms with Gasteiger partial charge in [-0.1, -0.05) is 78.9 Å². The molecule has 5 rings (SSSR count). The quantitative estimate of drug-likeness (QED) is 0.332. The van der Waals surface area contributed by atoms with Gasteiger partial charge in [-0.3, -0.25) is 4.98 Å². The van der Waals surface area contributed by atoms with Gasteiger partial charge in [0.15, 0.2) is 0 Å². The topological polar surface area (TPSA) is 38.7 Å². The van der Waals surface area contributed by atoms with Crippen LogP contribution in [-0.4, -0.2) is 15.0 Å². The molecule has 0 saturated carbocycles.